The molecule has 138 valence electrons. The first-order valence-corrected chi connectivity index (χ1v) is 8.49. The summed E-state index contributed by atoms with van der Waals surface area (Å²) in [4.78, 5) is 33.5. The number of benzene rings is 1. The van der Waals surface area contributed by atoms with Crippen LogP contribution in [0.1, 0.15) is 48.4 Å². The number of aromatic carboxylic acids is 1. The van der Waals surface area contributed by atoms with Gasteiger partial charge in [0.15, 0.2) is 5.69 Å². The summed E-state index contributed by atoms with van der Waals surface area (Å²) in [5.41, 5.74) is 1.75. The van der Waals surface area contributed by atoms with Gasteiger partial charge >= 0.3 is 5.97 Å². The number of rotatable bonds is 3. The lowest BCUT2D eigenvalue weighted by Gasteiger charge is -2.44. The number of amides is 1. The number of nitriles is 1. The molecule has 0 bridgehead atoms. The number of carboxylic acids is 1. The lowest BCUT2D eigenvalue weighted by molar-refractivity contribution is -0.117. The first kappa shape index (κ1) is 18.3. The maximum atomic E-state index is 12.2. The Bertz CT molecular complexity index is 935. The highest BCUT2D eigenvalue weighted by Gasteiger charge is 2.38. The van der Waals surface area contributed by atoms with Crippen LogP contribution in [0.15, 0.2) is 30.6 Å². The van der Waals surface area contributed by atoms with E-state index in [1.54, 1.807) is 17.0 Å². The summed E-state index contributed by atoms with van der Waals surface area (Å²) < 4.78 is 0. The molecule has 0 radical (unpaired) electrons. The van der Waals surface area contributed by atoms with E-state index in [-0.39, 0.29) is 35.2 Å². The predicted molar refractivity (Wildman–Crippen MR) is 98.3 cm³/mol. The highest BCUT2D eigenvalue weighted by molar-refractivity contribution is 5.95. The van der Waals surface area contributed by atoms with Crippen molar-refractivity contribution in [3.8, 4) is 6.07 Å². The van der Waals surface area contributed by atoms with Crippen molar-refractivity contribution in [1.29, 1.82) is 5.26 Å². The van der Waals surface area contributed by atoms with E-state index in [1.807, 2.05) is 19.9 Å². The largest absolute Gasteiger partial charge is 0.478 e. The van der Waals surface area contributed by atoms with Gasteiger partial charge in [0.1, 0.15) is 11.9 Å². The molecule has 3 atom stereocenters. The Balaban J connectivity index is 2.08. The van der Waals surface area contributed by atoms with Crippen molar-refractivity contribution < 1.29 is 14.7 Å². The first-order valence-electron chi connectivity index (χ1n) is 8.49. The van der Waals surface area contributed by atoms with Crippen LogP contribution in [-0.2, 0) is 4.79 Å². The summed E-state index contributed by atoms with van der Waals surface area (Å²) in [5, 5.41) is 21.5. The standard InChI is InChI=1S/C19H19N5O3/c1-10-11(2)24(12(3)25)16-5-4-13(19(26)27)6-15(16)18(10)23-17-9-21-14(7-20)8-22-17/h4-6,8-11,18H,1-3H3,(H,22,23)(H,26,27). The Morgan fingerprint density at radius 1 is 1.26 bits per heavy atom. The molecule has 8 heteroatoms. The predicted octanol–water partition coefficient (Wildman–Crippen LogP) is 2.59. The van der Waals surface area contributed by atoms with E-state index in [2.05, 4.69) is 15.3 Å². The molecule has 27 heavy (non-hydrogen) atoms. The zero-order chi connectivity index (χ0) is 19.7. The minimum Gasteiger partial charge on any atom is -0.478 e. The summed E-state index contributed by atoms with van der Waals surface area (Å²) in [6.07, 6.45) is 2.84. The van der Waals surface area contributed by atoms with Crippen molar-refractivity contribution in [2.45, 2.75) is 32.9 Å². The monoisotopic (exact) mass is 365 g/mol. The third kappa shape index (κ3) is 3.31. The van der Waals surface area contributed by atoms with Crippen LogP contribution in [0.25, 0.3) is 0 Å². The van der Waals surface area contributed by atoms with Gasteiger partial charge in [-0.2, -0.15) is 5.26 Å². The Morgan fingerprint density at radius 3 is 2.56 bits per heavy atom. The fourth-order valence-corrected chi connectivity index (χ4v) is 3.46. The lowest BCUT2D eigenvalue weighted by atomic mass is 9.82. The van der Waals surface area contributed by atoms with E-state index in [0.29, 0.717) is 17.1 Å². The first-order chi connectivity index (χ1) is 12.8. The summed E-state index contributed by atoms with van der Waals surface area (Å²) in [6, 6.07) is 6.30. The number of anilines is 2. The van der Waals surface area contributed by atoms with Gasteiger partial charge in [-0.15, -0.1) is 0 Å². The van der Waals surface area contributed by atoms with Crippen molar-refractivity contribution in [1.82, 2.24) is 9.97 Å². The topological polar surface area (TPSA) is 119 Å². The SMILES string of the molecule is CC(=O)N1c2ccc(C(=O)O)cc2C(Nc2cnc(C#N)cn2)C(C)C1C. The van der Waals surface area contributed by atoms with E-state index in [9.17, 15) is 14.7 Å². The van der Waals surface area contributed by atoms with Crippen LogP contribution in [0.4, 0.5) is 11.5 Å². The molecule has 0 aliphatic carbocycles. The number of aromatic nitrogens is 2. The van der Waals surface area contributed by atoms with Crippen molar-refractivity contribution >= 4 is 23.4 Å². The second-order valence-electron chi connectivity index (χ2n) is 6.59. The third-order valence-corrected chi connectivity index (χ3v) is 4.97. The number of hydrogen-bond donors (Lipinski definition) is 2. The second-order valence-corrected chi connectivity index (χ2v) is 6.59. The van der Waals surface area contributed by atoms with Crippen LogP contribution < -0.4 is 10.2 Å². The van der Waals surface area contributed by atoms with E-state index < -0.39 is 5.97 Å². The molecule has 3 unspecified atom stereocenters. The highest BCUT2D eigenvalue weighted by atomic mass is 16.4. The summed E-state index contributed by atoms with van der Waals surface area (Å²) in [7, 11) is 0. The molecule has 1 aliphatic rings. The highest BCUT2D eigenvalue weighted by Crippen LogP contribution is 2.42. The van der Waals surface area contributed by atoms with Gasteiger partial charge in [-0.1, -0.05) is 6.92 Å². The van der Waals surface area contributed by atoms with E-state index >= 15 is 0 Å². The average molecular weight is 365 g/mol. The van der Waals surface area contributed by atoms with Gasteiger partial charge in [-0.05, 0) is 30.7 Å². The summed E-state index contributed by atoms with van der Waals surface area (Å²) in [5.74, 6) is -0.686. The van der Waals surface area contributed by atoms with Gasteiger partial charge < -0.3 is 15.3 Å². The van der Waals surface area contributed by atoms with Crippen molar-refractivity contribution in [3.63, 3.8) is 0 Å². The van der Waals surface area contributed by atoms with Gasteiger partial charge in [-0.25, -0.2) is 14.8 Å². The number of carbonyl (C=O) groups excluding carboxylic acids is 1. The summed E-state index contributed by atoms with van der Waals surface area (Å²) in [6.45, 7) is 5.45. The van der Waals surface area contributed by atoms with Crippen LogP contribution >= 0.6 is 0 Å². The number of hydrogen-bond acceptors (Lipinski definition) is 6. The lowest BCUT2D eigenvalue weighted by Crippen LogP contribution is -2.48. The van der Waals surface area contributed by atoms with E-state index in [0.717, 1.165) is 0 Å². The average Bonchev–Trinajstić information content (AvgIpc) is 2.65. The third-order valence-electron chi connectivity index (χ3n) is 4.97. The van der Waals surface area contributed by atoms with Gasteiger partial charge in [0.25, 0.3) is 0 Å². The Hall–Kier alpha value is -3.47. The van der Waals surface area contributed by atoms with E-state index in [4.69, 9.17) is 5.26 Å². The molecule has 0 fully saturated rings. The molecule has 2 aromatic rings. The van der Waals surface area contributed by atoms with E-state index in [1.165, 1.54) is 25.4 Å². The fourth-order valence-electron chi connectivity index (χ4n) is 3.46. The van der Waals surface area contributed by atoms with Crippen molar-refractivity contribution in [2.75, 3.05) is 10.2 Å². The molecular weight excluding hydrogens is 346 g/mol. The second kappa shape index (κ2) is 7.03. The van der Waals surface area contributed by atoms with Crippen LogP contribution in [0.3, 0.4) is 0 Å². The van der Waals surface area contributed by atoms with Crippen LogP contribution in [0.5, 0.6) is 0 Å². The number of nitrogens with zero attached hydrogens (tertiary/aromatic N) is 4. The Morgan fingerprint density at radius 2 is 2.00 bits per heavy atom. The molecule has 0 saturated heterocycles. The van der Waals surface area contributed by atoms with Gasteiger partial charge in [0.2, 0.25) is 5.91 Å². The Kier molecular flexibility index (Phi) is 4.77. The van der Waals surface area contributed by atoms with Crippen molar-refractivity contribution in [2.24, 2.45) is 5.92 Å². The van der Waals surface area contributed by atoms with Gasteiger partial charge in [0.05, 0.1) is 24.0 Å². The molecule has 0 spiro atoms. The number of nitrogens with one attached hydrogen (secondary N) is 1. The fraction of sp³-hybridized carbons (Fsp3) is 0.316. The number of carbonyl (C=O) groups is 2. The quantitative estimate of drug-likeness (QED) is 0.858. The summed E-state index contributed by atoms with van der Waals surface area (Å²) >= 11 is 0. The molecule has 3 rings (SSSR count). The zero-order valence-corrected chi connectivity index (χ0v) is 15.2. The molecule has 2 heterocycles. The molecular formula is C19H19N5O3. The zero-order valence-electron chi connectivity index (χ0n) is 15.2. The Labute approximate surface area is 156 Å². The molecule has 1 amide bonds. The smallest absolute Gasteiger partial charge is 0.335 e. The number of carboxylic acid groups (broad SMARTS) is 1. The van der Waals surface area contributed by atoms with Crippen LogP contribution in [0.2, 0.25) is 0 Å². The maximum Gasteiger partial charge on any atom is 0.335 e. The molecule has 8 nitrogen and oxygen atoms in total. The normalized spacial score (nSPS) is 21.1. The van der Waals surface area contributed by atoms with Gasteiger partial charge in [0, 0.05) is 24.6 Å². The molecule has 1 aliphatic heterocycles. The maximum absolute atomic E-state index is 12.2. The number of fused-ring (bicyclic) bond motifs is 1. The molecule has 1 aromatic carbocycles. The molecule has 0 saturated carbocycles. The minimum absolute atomic E-state index is 0.0251. The van der Waals surface area contributed by atoms with Gasteiger partial charge in [-0.3, -0.25) is 4.79 Å². The molecule has 2 N–H and O–H groups in total. The molecule has 1 aromatic heterocycles. The minimum atomic E-state index is -1.03. The van der Waals surface area contributed by atoms with Crippen LogP contribution in [-0.4, -0.2) is 33.0 Å². The van der Waals surface area contributed by atoms with Crippen molar-refractivity contribution in [3.05, 3.63) is 47.4 Å². The van der Waals surface area contributed by atoms with Crippen LogP contribution in [0, 0.1) is 17.2 Å².